The van der Waals surface area contributed by atoms with Crippen molar-refractivity contribution >= 4 is 22.6 Å². The highest BCUT2D eigenvalue weighted by atomic mass is 16.5. The number of hydrogen-bond donors (Lipinski definition) is 1. The molecule has 0 saturated carbocycles. The van der Waals surface area contributed by atoms with Gasteiger partial charge in [0.25, 0.3) is 5.91 Å². The smallest absolute Gasteiger partial charge is 0.259 e. The van der Waals surface area contributed by atoms with Crippen molar-refractivity contribution in [2.24, 2.45) is 0 Å². The molecule has 0 fully saturated rings. The molecule has 29 heavy (non-hydrogen) atoms. The Morgan fingerprint density at radius 2 is 1.72 bits per heavy atom. The Balaban J connectivity index is 1.50. The minimum atomic E-state index is -0.223. The summed E-state index contributed by atoms with van der Waals surface area (Å²) in [6, 6.07) is 22.8. The van der Waals surface area contributed by atoms with Gasteiger partial charge in [0, 0.05) is 18.5 Å². The minimum Gasteiger partial charge on any atom is -0.490 e. The van der Waals surface area contributed by atoms with Crippen LogP contribution >= 0.6 is 0 Å². The van der Waals surface area contributed by atoms with E-state index in [-0.39, 0.29) is 5.91 Å². The van der Waals surface area contributed by atoms with Crippen molar-refractivity contribution in [1.29, 1.82) is 0 Å². The van der Waals surface area contributed by atoms with Gasteiger partial charge in [-0.15, -0.1) is 0 Å². The van der Waals surface area contributed by atoms with Crippen LogP contribution in [0, 0.1) is 0 Å². The summed E-state index contributed by atoms with van der Waals surface area (Å²) in [4.78, 5) is 17.1. The number of nitrogens with zero attached hydrogens (tertiary/aromatic N) is 2. The lowest BCUT2D eigenvalue weighted by Gasteiger charge is -2.12. The van der Waals surface area contributed by atoms with Crippen molar-refractivity contribution in [3.05, 3.63) is 84.7 Å². The molecule has 0 radical (unpaired) electrons. The van der Waals surface area contributed by atoms with Crippen LogP contribution in [-0.4, -0.2) is 35.8 Å². The van der Waals surface area contributed by atoms with Gasteiger partial charge in [-0.2, -0.15) is 0 Å². The number of para-hydroxylation sites is 3. The van der Waals surface area contributed by atoms with Crippen molar-refractivity contribution in [3.63, 3.8) is 0 Å². The van der Waals surface area contributed by atoms with Crippen LogP contribution in [0.3, 0.4) is 0 Å². The molecule has 0 spiro atoms. The van der Waals surface area contributed by atoms with E-state index in [1.165, 1.54) is 0 Å². The Hall–Kier alpha value is -3.64. The van der Waals surface area contributed by atoms with Crippen LogP contribution in [-0.2, 0) is 4.74 Å². The number of carbonyl (C=O) groups is 1. The molecule has 4 aromatic rings. The summed E-state index contributed by atoms with van der Waals surface area (Å²) in [5.74, 6) is 0.308. The fourth-order valence-corrected chi connectivity index (χ4v) is 3.08. The van der Waals surface area contributed by atoms with Crippen molar-refractivity contribution in [2.45, 2.75) is 0 Å². The van der Waals surface area contributed by atoms with E-state index in [0.29, 0.717) is 30.2 Å². The molecular weight excluding hydrogens is 366 g/mol. The lowest BCUT2D eigenvalue weighted by Crippen LogP contribution is -2.14. The third-order valence-corrected chi connectivity index (χ3v) is 4.53. The Morgan fingerprint density at radius 1 is 0.966 bits per heavy atom. The molecule has 0 aliphatic heterocycles. The van der Waals surface area contributed by atoms with Gasteiger partial charge in [0.15, 0.2) is 0 Å². The molecule has 0 aliphatic rings. The van der Waals surface area contributed by atoms with Crippen molar-refractivity contribution in [3.8, 4) is 11.4 Å². The first-order valence-corrected chi connectivity index (χ1v) is 9.31. The molecule has 0 saturated heterocycles. The predicted molar refractivity (Wildman–Crippen MR) is 113 cm³/mol. The molecule has 3 aromatic carbocycles. The molecule has 146 valence electrons. The molecule has 1 N–H and O–H groups in total. The number of imidazole rings is 1. The maximum absolute atomic E-state index is 12.7. The molecule has 0 atom stereocenters. The van der Waals surface area contributed by atoms with E-state index in [1.54, 1.807) is 25.6 Å². The number of amides is 1. The van der Waals surface area contributed by atoms with Gasteiger partial charge < -0.3 is 14.8 Å². The zero-order valence-corrected chi connectivity index (χ0v) is 16.0. The summed E-state index contributed by atoms with van der Waals surface area (Å²) >= 11 is 0. The third-order valence-electron chi connectivity index (χ3n) is 4.53. The molecule has 0 bridgehead atoms. The number of benzene rings is 3. The highest BCUT2D eigenvalue weighted by Crippen LogP contribution is 2.22. The Morgan fingerprint density at radius 3 is 2.55 bits per heavy atom. The first-order chi connectivity index (χ1) is 14.3. The normalized spacial score (nSPS) is 10.8. The van der Waals surface area contributed by atoms with E-state index >= 15 is 0 Å². The Bertz CT molecular complexity index is 1120. The van der Waals surface area contributed by atoms with E-state index in [9.17, 15) is 4.79 Å². The first kappa shape index (κ1) is 18.7. The highest BCUT2D eigenvalue weighted by molar-refractivity contribution is 6.06. The summed E-state index contributed by atoms with van der Waals surface area (Å²) in [6.45, 7) is 0.842. The largest absolute Gasteiger partial charge is 0.490 e. The topological polar surface area (TPSA) is 65.4 Å². The molecular formula is C23H21N3O3. The second-order valence-electron chi connectivity index (χ2n) is 6.44. The van der Waals surface area contributed by atoms with Crippen LogP contribution in [0.2, 0.25) is 0 Å². The number of ether oxygens (including phenoxy) is 2. The average molecular weight is 387 g/mol. The van der Waals surface area contributed by atoms with E-state index in [4.69, 9.17) is 9.47 Å². The van der Waals surface area contributed by atoms with Gasteiger partial charge in [-0.3, -0.25) is 9.36 Å². The van der Waals surface area contributed by atoms with Gasteiger partial charge >= 0.3 is 0 Å². The monoisotopic (exact) mass is 387 g/mol. The summed E-state index contributed by atoms with van der Waals surface area (Å²) < 4.78 is 12.7. The fourth-order valence-electron chi connectivity index (χ4n) is 3.08. The summed E-state index contributed by atoms with van der Waals surface area (Å²) in [6.07, 6.45) is 1.80. The molecule has 0 aliphatic carbocycles. The first-order valence-electron chi connectivity index (χ1n) is 9.31. The highest BCUT2D eigenvalue weighted by Gasteiger charge is 2.12. The Labute approximate surface area is 168 Å². The van der Waals surface area contributed by atoms with Crippen LogP contribution < -0.4 is 10.1 Å². The van der Waals surface area contributed by atoms with E-state index in [0.717, 1.165) is 16.7 Å². The second-order valence-corrected chi connectivity index (χ2v) is 6.44. The number of fused-ring (bicyclic) bond motifs is 1. The molecule has 1 heterocycles. The van der Waals surface area contributed by atoms with Gasteiger partial charge in [0.05, 0.1) is 23.2 Å². The SMILES string of the molecule is COCCOc1ccccc1C(=O)Nc1ccc(-n2cnc3ccccc32)cc1. The lowest BCUT2D eigenvalue weighted by molar-refractivity contribution is 0.101. The number of nitrogens with one attached hydrogen (secondary N) is 1. The van der Waals surface area contributed by atoms with Crippen LogP contribution in [0.5, 0.6) is 5.75 Å². The van der Waals surface area contributed by atoms with Crippen molar-refractivity contribution in [1.82, 2.24) is 9.55 Å². The Kier molecular flexibility index (Phi) is 5.54. The standard InChI is InChI=1S/C23H21N3O3/c1-28-14-15-29-22-9-5-2-6-19(22)23(27)25-17-10-12-18(13-11-17)26-16-24-20-7-3-4-8-21(20)26/h2-13,16H,14-15H2,1H3,(H,25,27). The molecule has 6 heteroatoms. The minimum absolute atomic E-state index is 0.223. The quantitative estimate of drug-likeness (QED) is 0.480. The third kappa shape index (κ3) is 4.12. The van der Waals surface area contributed by atoms with Crippen LogP contribution in [0.15, 0.2) is 79.1 Å². The molecule has 6 nitrogen and oxygen atoms in total. The molecule has 0 unspecified atom stereocenters. The zero-order valence-electron chi connectivity index (χ0n) is 16.0. The van der Waals surface area contributed by atoms with Gasteiger partial charge in [-0.1, -0.05) is 24.3 Å². The van der Waals surface area contributed by atoms with Crippen molar-refractivity contribution in [2.75, 3.05) is 25.6 Å². The number of carbonyl (C=O) groups excluding carboxylic acids is 1. The van der Waals surface area contributed by atoms with Gasteiger partial charge in [0.1, 0.15) is 18.7 Å². The molecule has 4 rings (SSSR count). The van der Waals surface area contributed by atoms with E-state index in [2.05, 4.69) is 10.3 Å². The fraction of sp³-hybridized carbons (Fsp3) is 0.130. The summed E-state index contributed by atoms with van der Waals surface area (Å²) in [5, 5.41) is 2.92. The summed E-state index contributed by atoms with van der Waals surface area (Å²) in [7, 11) is 1.61. The number of aromatic nitrogens is 2. The van der Waals surface area contributed by atoms with Gasteiger partial charge in [-0.25, -0.2) is 4.98 Å². The van der Waals surface area contributed by atoms with Gasteiger partial charge in [0.2, 0.25) is 0 Å². The number of anilines is 1. The lowest BCUT2D eigenvalue weighted by atomic mass is 10.1. The van der Waals surface area contributed by atoms with Crippen LogP contribution in [0.4, 0.5) is 5.69 Å². The van der Waals surface area contributed by atoms with Crippen molar-refractivity contribution < 1.29 is 14.3 Å². The number of rotatable bonds is 7. The average Bonchev–Trinajstić information content (AvgIpc) is 3.19. The van der Waals surface area contributed by atoms with Crippen LogP contribution in [0.1, 0.15) is 10.4 Å². The molecule has 1 aromatic heterocycles. The second kappa shape index (κ2) is 8.58. The van der Waals surface area contributed by atoms with E-state index in [1.807, 2.05) is 65.2 Å². The number of hydrogen-bond acceptors (Lipinski definition) is 4. The summed E-state index contributed by atoms with van der Waals surface area (Å²) in [5.41, 5.74) is 4.13. The zero-order chi connectivity index (χ0) is 20.1. The maximum atomic E-state index is 12.7. The van der Waals surface area contributed by atoms with Crippen LogP contribution in [0.25, 0.3) is 16.7 Å². The maximum Gasteiger partial charge on any atom is 0.259 e. The number of methoxy groups -OCH3 is 1. The van der Waals surface area contributed by atoms with Gasteiger partial charge in [-0.05, 0) is 48.5 Å². The molecule has 1 amide bonds. The predicted octanol–water partition coefficient (Wildman–Crippen LogP) is 4.30. The van der Waals surface area contributed by atoms with E-state index < -0.39 is 0 Å².